The van der Waals surface area contributed by atoms with Crippen molar-refractivity contribution in [3.05, 3.63) is 29.8 Å². The normalized spacial score (nSPS) is 15.4. The van der Waals surface area contributed by atoms with Crippen molar-refractivity contribution in [2.45, 2.75) is 44.1 Å². The molecule has 1 aromatic carbocycles. The molecule has 30 heavy (non-hydrogen) atoms. The second kappa shape index (κ2) is 10.3. The number of carbonyl (C=O) groups excluding carboxylic acids is 2. The Morgan fingerprint density at radius 1 is 1.30 bits per heavy atom. The van der Waals surface area contributed by atoms with E-state index in [-0.39, 0.29) is 17.2 Å². The Balaban J connectivity index is 2.19. The largest absolute Gasteiger partial charge is 0.435 e. The fourth-order valence-corrected chi connectivity index (χ4v) is 4.88. The van der Waals surface area contributed by atoms with Gasteiger partial charge in [0.25, 0.3) is 5.91 Å². The fraction of sp³-hybridized carbons (Fsp3) is 0.526. The number of halogens is 2. The van der Waals surface area contributed by atoms with Crippen LogP contribution in [0, 0.1) is 17.4 Å². The maximum absolute atomic E-state index is 12.7. The fourth-order valence-electron chi connectivity index (χ4n) is 3.32. The van der Waals surface area contributed by atoms with E-state index >= 15 is 0 Å². The molecule has 0 radical (unpaired) electrons. The van der Waals surface area contributed by atoms with E-state index < -0.39 is 45.8 Å². The molecule has 1 atom stereocenters. The maximum atomic E-state index is 12.7. The van der Waals surface area contributed by atoms with E-state index in [1.54, 1.807) is 6.19 Å². The van der Waals surface area contributed by atoms with Crippen molar-refractivity contribution >= 4 is 21.7 Å². The number of likely N-dealkylation sites (N-methyl/N-ethyl adjacent to an activating group) is 1. The lowest BCUT2D eigenvalue weighted by Gasteiger charge is -2.22. The lowest BCUT2D eigenvalue weighted by molar-refractivity contribution is -0.133. The van der Waals surface area contributed by atoms with Crippen LogP contribution in [0.5, 0.6) is 5.75 Å². The second-order valence-corrected chi connectivity index (χ2v) is 9.19. The number of hydrogen-bond acceptors (Lipinski definition) is 6. The minimum atomic E-state index is -4.04. The summed E-state index contributed by atoms with van der Waals surface area (Å²) in [5, 5.41) is 11.4. The van der Waals surface area contributed by atoms with Crippen LogP contribution in [0.15, 0.2) is 24.3 Å². The standard InChI is InChI=1S/C19H23F2N3O5S/c1-24(12-22)18(26)15(23-17(25)13-6-2-3-7-13)11-30(27,28)10-14-8-4-5-9-16(14)29-19(20)21/h4-5,8-9,13,15,19H,2-3,6-7,10-11H2,1H3,(H,23,25)/t15-/m0/s1. The summed E-state index contributed by atoms with van der Waals surface area (Å²) in [4.78, 5) is 25.5. The van der Waals surface area contributed by atoms with E-state index in [2.05, 4.69) is 10.1 Å². The van der Waals surface area contributed by atoms with Crippen molar-refractivity contribution in [3.8, 4) is 11.9 Å². The number of alkyl halides is 2. The molecule has 164 valence electrons. The van der Waals surface area contributed by atoms with Gasteiger partial charge in [-0.3, -0.25) is 14.5 Å². The van der Waals surface area contributed by atoms with Gasteiger partial charge < -0.3 is 10.1 Å². The number of sulfone groups is 1. The summed E-state index contributed by atoms with van der Waals surface area (Å²) < 4.78 is 54.9. The third kappa shape index (κ3) is 6.66. The smallest absolute Gasteiger partial charge is 0.387 e. The molecule has 2 amide bonds. The number of carbonyl (C=O) groups is 2. The van der Waals surface area contributed by atoms with Gasteiger partial charge in [0.05, 0.1) is 11.5 Å². The number of benzene rings is 1. The van der Waals surface area contributed by atoms with E-state index in [9.17, 15) is 26.8 Å². The summed E-state index contributed by atoms with van der Waals surface area (Å²) in [6.07, 6.45) is 4.62. The highest BCUT2D eigenvalue weighted by atomic mass is 32.2. The molecule has 8 nitrogen and oxygen atoms in total. The number of nitriles is 1. The van der Waals surface area contributed by atoms with E-state index in [4.69, 9.17) is 5.26 Å². The van der Waals surface area contributed by atoms with Crippen molar-refractivity contribution in [2.24, 2.45) is 5.92 Å². The van der Waals surface area contributed by atoms with E-state index in [0.29, 0.717) is 17.7 Å². The van der Waals surface area contributed by atoms with Gasteiger partial charge in [0, 0.05) is 18.5 Å². The van der Waals surface area contributed by atoms with Crippen molar-refractivity contribution in [1.82, 2.24) is 10.2 Å². The summed E-state index contributed by atoms with van der Waals surface area (Å²) >= 11 is 0. The molecule has 2 rings (SSSR count). The van der Waals surface area contributed by atoms with Gasteiger partial charge >= 0.3 is 6.61 Å². The molecular formula is C19H23F2N3O5S. The van der Waals surface area contributed by atoms with Crippen LogP contribution in [0.25, 0.3) is 0 Å². The molecular weight excluding hydrogens is 420 g/mol. The summed E-state index contributed by atoms with van der Waals surface area (Å²) in [5.41, 5.74) is -0.000226. The molecule has 0 bridgehead atoms. The van der Waals surface area contributed by atoms with Gasteiger partial charge in [0.1, 0.15) is 11.8 Å². The van der Waals surface area contributed by atoms with E-state index in [1.807, 2.05) is 0 Å². The first-order chi connectivity index (χ1) is 14.1. The highest BCUT2D eigenvalue weighted by Crippen LogP contribution is 2.25. The molecule has 0 saturated heterocycles. The summed E-state index contributed by atoms with van der Waals surface area (Å²) in [6.45, 7) is -3.13. The van der Waals surface area contributed by atoms with Gasteiger partial charge in [0.15, 0.2) is 16.0 Å². The quantitative estimate of drug-likeness (QED) is 0.460. The molecule has 1 N–H and O–H groups in total. The van der Waals surface area contributed by atoms with Crippen molar-refractivity contribution in [2.75, 3.05) is 12.8 Å². The van der Waals surface area contributed by atoms with Gasteiger partial charge in [-0.1, -0.05) is 31.0 Å². The molecule has 0 spiro atoms. The molecule has 0 aliphatic heterocycles. The average molecular weight is 443 g/mol. The maximum Gasteiger partial charge on any atom is 0.387 e. The summed E-state index contributed by atoms with van der Waals surface area (Å²) in [5.74, 6) is -3.36. The second-order valence-electron chi connectivity index (χ2n) is 7.08. The third-order valence-electron chi connectivity index (χ3n) is 4.81. The van der Waals surface area contributed by atoms with Crippen LogP contribution in [-0.2, 0) is 25.2 Å². The topological polar surface area (TPSA) is 117 Å². The predicted octanol–water partition coefficient (Wildman–Crippen LogP) is 1.82. The molecule has 1 aromatic rings. The molecule has 1 aliphatic carbocycles. The zero-order valence-electron chi connectivity index (χ0n) is 16.4. The van der Waals surface area contributed by atoms with Gasteiger partial charge in [0.2, 0.25) is 5.91 Å². The van der Waals surface area contributed by atoms with Crippen LogP contribution in [0.4, 0.5) is 8.78 Å². The van der Waals surface area contributed by atoms with Gasteiger partial charge in [-0.25, -0.2) is 8.42 Å². The van der Waals surface area contributed by atoms with E-state index in [1.165, 1.54) is 24.3 Å². The molecule has 1 saturated carbocycles. The first-order valence-electron chi connectivity index (χ1n) is 9.33. The van der Waals surface area contributed by atoms with Crippen molar-refractivity contribution in [1.29, 1.82) is 5.26 Å². The molecule has 0 aromatic heterocycles. The molecule has 1 fully saturated rings. The monoisotopic (exact) mass is 443 g/mol. The Morgan fingerprint density at radius 2 is 1.93 bits per heavy atom. The first-order valence-corrected chi connectivity index (χ1v) is 11.2. The van der Waals surface area contributed by atoms with Crippen LogP contribution in [0.1, 0.15) is 31.2 Å². The van der Waals surface area contributed by atoms with Crippen LogP contribution in [0.2, 0.25) is 0 Å². The number of ether oxygens (including phenoxy) is 1. The average Bonchev–Trinajstić information content (AvgIpc) is 3.22. The predicted molar refractivity (Wildman–Crippen MR) is 103 cm³/mol. The van der Waals surface area contributed by atoms with Crippen molar-refractivity contribution in [3.63, 3.8) is 0 Å². The molecule has 11 heteroatoms. The van der Waals surface area contributed by atoms with Crippen LogP contribution in [-0.4, -0.2) is 50.6 Å². The highest BCUT2D eigenvalue weighted by Gasteiger charge is 2.33. The molecule has 0 heterocycles. The first kappa shape index (κ1) is 23.5. The van der Waals surface area contributed by atoms with Gasteiger partial charge in [-0.05, 0) is 18.9 Å². The lowest BCUT2D eigenvalue weighted by atomic mass is 10.1. The van der Waals surface area contributed by atoms with Crippen LogP contribution < -0.4 is 10.1 Å². The Bertz CT molecular complexity index is 911. The van der Waals surface area contributed by atoms with Crippen LogP contribution in [0.3, 0.4) is 0 Å². The van der Waals surface area contributed by atoms with Gasteiger partial charge in [-0.2, -0.15) is 14.0 Å². The van der Waals surface area contributed by atoms with Crippen LogP contribution >= 0.6 is 0 Å². The van der Waals surface area contributed by atoms with Gasteiger partial charge in [-0.15, -0.1) is 0 Å². The number of rotatable bonds is 9. The lowest BCUT2D eigenvalue weighted by Crippen LogP contribution is -2.51. The zero-order valence-corrected chi connectivity index (χ0v) is 17.2. The van der Waals surface area contributed by atoms with E-state index in [0.717, 1.165) is 19.9 Å². The number of para-hydroxylation sites is 1. The highest BCUT2D eigenvalue weighted by molar-refractivity contribution is 7.90. The Labute approximate surface area is 173 Å². The zero-order chi connectivity index (χ0) is 22.3. The SMILES string of the molecule is CN(C#N)C(=O)[C@H](CS(=O)(=O)Cc1ccccc1OC(F)F)NC(=O)C1CCCC1. The third-order valence-corrected chi connectivity index (χ3v) is 6.40. The Hall–Kier alpha value is -2.74. The van der Waals surface area contributed by atoms with Crippen molar-refractivity contribution < 1.29 is 31.5 Å². The number of nitrogens with zero attached hydrogens (tertiary/aromatic N) is 2. The number of amides is 2. The summed E-state index contributed by atoms with van der Waals surface area (Å²) in [7, 11) is -2.88. The Morgan fingerprint density at radius 3 is 2.53 bits per heavy atom. The molecule has 0 unspecified atom stereocenters. The minimum Gasteiger partial charge on any atom is -0.435 e. The number of hydrogen-bond donors (Lipinski definition) is 1. The Kier molecular flexibility index (Phi) is 8.11. The number of nitrogens with one attached hydrogen (secondary N) is 1. The minimum absolute atomic E-state index is 0.000226. The summed E-state index contributed by atoms with van der Waals surface area (Å²) in [6, 6.07) is 3.97. The molecule has 1 aliphatic rings.